The van der Waals surface area contributed by atoms with Gasteiger partial charge in [-0.1, -0.05) is 0 Å². The molecule has 2 rings (SSSR count). The summed E-state index contributed by atoms with van der Waals surface area (Å²) >= 11 is 0. The van der Waals surface area contributed by atoms with Crippen molar-refractivity contribution >= 4 is 11.6 Å². The van der Waals surface area contributed by atoms with Gasteiger partial charge in [0.2, 0.25) is 0 Å². The Morgan fingerprint density at radius 3 is 2.75 bits per heavy atom. The maximum absolute atomic E-state index is 12.2. The second-order valence-corrected chi connectivity index (χ2v) is 5.22. The Labute approximate surface area is 136 Å². The average Bonchev–Trinajstić information content (AvgIpc) is 2.93. The molecule has 0 aliphatic rings. The standard InChI is InChI=1S/C15H17F3N4O2/c1-10-13(8-22(20-10)12-5-4-6-19-7-12)21(3)14(23)11(2)24-9-15(16,17)18/h4-8,11H,9H2,1-3H3. The third kappa shape index (κ3) is 4.31. The third-order valence-electron chi connectivity index (χ3n) is 3.32. The van der Waals surface area contributed by atoms with Crippen molar-refractivity contribution in [1.82, 2.24) is 14.8 Å². The number of alkyl halides is 3. The zero-order chi connectivity index (χ0) is 17.9. The lowest BCUT2D eigenvalue weighted by molar-refractivity contribution is -0.185. The molecule has 0 saturated carbocycles. The second-order valence-electron chi connectivity index (χ2n) is 5.22. The lowest BCUT2D eigenvalue weighted by atomic mass is 10.3. The third-order valence-corrected chi connectivity index (χ3v) is 3.32. The summed E-state index contributed by atoms with van der Waals surface area (Å²) in [6.45, 7) is 1.51. The van der Waals surface area contributed by atoms with Crippen LogP contribution in [0.15, 0.2) is 30.7 Å². The highest BCUT2D eigenvalue weighted by Crippen LogP contribution is 2.21. The van der Waals surface area contributed by atoms with E-state index in [2.05, 4.69) is 14.8 Å². The maximum atomic E-state index is 12.2. The average molecular weight is 342 g/mol. The highest BCUT2D eigenvalue weighted by atomic mass is 19.4. The van der Waals surface area contributed by atoms with E-state index in [1.807, 2.05) is 0 Å². The Kier molecular flexibility index (Phi) is 5.23. The van der Waals surface area contributed by atoms with Crippen molar-refractivity contribution < 1.29 is 22.7 Å². The molecule has 1 amide bonds. The predicted octanol–water partition coefficient (Wildman–Crippen LogP) is 2.51. The van der Waals surface area contributed by atoms with Gasteiger partial charge in [-0.3, -0.25) is 9.78 Å². The zero-order valence-electron chi connectivity index (χ0n) is 13.4. The molecule has 0 bridgehead atoms. The number of aromatic nitrogens is 3. The second kappa shape index (κ2) is 7.00. The normalized spacial score (nSPS) is 12.9. The summed E-state index contributed by atoms with van der Waals surface area (Å²) in [6, 6.07) is 3.54. The Hall–Kier alpha value is -2.42. The van der Waals surface area contributed by atoms with Gasteiger partial charge in [0.05, 0.1) is 29.5 Å². The number of aryl methyl sites for hydroxylation is 1. The number of anilines is 1. The van der Waals surface area contributed by atoms with Gasteiger partial charge in [-0.2, -0.15) is 18.3 Å². The summed E-state index contributed by atoms with van der Waals surface area (Å²) < 4.78 is 42.7. The van der Waals surface area contributed by atoms with E-state index in [9.17, 15) is 18.0 Å². The number of halogens is 3. The van der Waals surface area contributed by atoms with Gasteiger partial charge in [0.25, 0.3) is 5.91 Å². The SMILES string of the molecule is Cc1nn(-c2cccnc2)cc1N(C)C(=O)C(C)OCC(F)(F)F. The van der Waals surface area contributed by atoms with E-state index < -0.39 is 24.8 Å². The summed E-state index contributed by atoms with van der Waals surface area (Å²) in [7, 11) is 1.47. The fourth-order valence-electron chi connectivity index (χ4n) is 2.08. The number of rotatable bonds is 5. The van der Waals surface area contributed by atoms with Crippen LogP contribution < -0.4 is 4.90 Å². The molecule has 2 aromatic rings. The van der Waals surface area contributed by atoms with Crippen LogP contribution in [0.2, 0.25) is 0 Å². The van der Waals surface area contributed by atoms with Crippen LogP contribution in [-0.4, -0.2) is 46.6 Å². The number of ether oxygens (including phenoxy) is 1. The molecule has 1 atom stereocenters. The monoisotopic (exact) mass is 342 g/mol. The van der Waals surface area contributed by atoms with Gasteiger partial charge in [0, 0.05) is 13.2 Å². The van der Waals surface area contributed by atoms with E-state index in [4.69, 9.17) is 0 Å². The number of likely N-dealkylation sites (N-methyl/N-ethyl adjacent to an activating group) is 1. The molecule has 24 heavy (non-hydrogen) atoms. The molecule has 1 unspecified atom stereocenters. The Morgan fingerprint density at radius 1 is 1.46 bits per heavy atom. The van der Waals surface area contributed by atoms with Gasteiger partial charge in [-0.05, 0) is 26.0 Å². The zero-order valence-corrected chi connectivity index (χ0v) is 13.4. The molecule has 2 heterocycles. The highest BCUT2D eigenvalue weighted by molar-refractivity contribution is 5.96. The molecule has 0 aromatic carbocycles. The number of pyridine rings is 1. The molecular weight excluding hydrogens is 325 g/mol. The van der Waals surface area contributed by atoms with Crippen LogP contribution in [0.4, 0.5) is 18.9 Å². The minimum Gasteiger partial charge on any atom is -0.359 e. The molecule has 6 nitrogen and oxygen atoms in total. The van der Waals surface area contributed by atoms with Crippen molar-refractivity contribution in [3.8, 4) is 5.69 Å². The van der Waals surface area contributed by atoms with E-state index in [-0.39, 0.29) is 0 Å². The largest absolute Gasteiger partial charge is 0.411 e. The minimum absolute atomic E-state index is 0.478. The summed E-state index contributed by atoms with van der Waals surface area (Å²) in [5.74, 6) is -0.590. The lowest BCUT2D eigenvalue weighted by Crippen LogP contribution is -2.38. The van der Waals surface area contributed by atoms with Crippen LogP contribution in [-0.2, 0) is 9.53 Å². The number of nitrogens with zero attached hydrogens (tertiary/aromatic N) is 4. The van der Waals surface area contributed by atoms with E-state index in [0.29, 0.717) is 17.1 Å². The van der Waals surface area contributed by atoms with Gasteiger partial charge in [0.15, 0.2) is 0 Å². The van der Waals surface area contributed by atoms with Gasteiger partial charge in [-0.15, -0.1) is 0 Å². The van der Waals surface area contributed by atoms with Gasteiger partial charge >= 0.3 is 6.18 Å². The summed E-state index contributed by atoms with van der Waals surface area (Å²) in [6.07, 6.45) is -0.865. The van der Waals surface area contributed by atoms with E-state index in [0.717, 1.165) is 0 Å². The van der Waals surface area contributed by atoms with Gasteiger partial charge < -0.3 is 9.64 Å². The molecule has 0 N–H and O–H groups in total. The Bertz CT molecular complexity index is 700. The van der Waals surface area contributed by atoms with Crippen molar-refractivity contribution in [2.24, 2.45) is 0 Å². The fraction of sp³-hybridized carbons (Fsp3) is 0.400. The summed E-state index contributed by atoms with van der Waals surface area (Å²) in [4.78, 5) is 17.5. The Morgan fingerprint density at radius 2 is 2.17 bits per heavy atom. The molecule has 0 radical (unpaired) electrons. The van der Waals surface area contributed by atoms with E-state index in [1.54, 1.807) is 42.3 Å². The first-order chi connectivity index (χ1) is 11.2. The van der Waals surface area contributed by atoms with E-state index in [1.165, 1.54) is 18.9 Å². The van der Waals surface area contributed by atoms with Crippen molar-refractivity contribution in [2.45, 2.75) is 26.1 Å². The summed E-state index contributed by atoms with van der Waals surface area (Å²) in [5, 5.41) is 4.29. The summed E-state index contributed by atoms with van der Waals surface area (Å²) in [5.41, 5.74) is 1.73. The van der Waals surface area contributed by atoms with Crippen molar-refractivity contribution in [3.63, 3.8) is 0 Å². The molecule has 130 valence electrons. The number of hydrogen-bond acceptors (Lipinski definition) is 4. The van der Waals surface area contributed by atoms with Crippen LogP contribution in [0, 0.1) is 6.92 Å². The Balaban J connectivity index is 2.13. The first kappa shape index (κ1) is 17.9. The van der Waals surface area contributed by atoms with Crippen LogP contribution in [0.25, 0.3) is 5.69 Å². The molecule has 0 saturated heterocycles. The molecule has 0 aliphatic carbocycles. The van der Waals surface area contributed by atoms with Gasteiger partial charge in [-0.25, -0.2) is 4.68 Å². The fourth-order valence-corrected chi connectivity index (χ4v) is 2.08. The maximum Gasteiger partial charge on any atom is 0.411 e. The molecular formula is C15H17F3N4O2. The molecule has 0 fully saturated rings. The van der Waals surface area contributed by atoms with Gasteiger partial charge in [0.1, 0.15) is 12.7 Å². The van der Waals surface area contributed by atoms with Crippen LogP contribution in [0.3, 0.4) is 0 Å². The number of carbonyl (C=O) groups excluding carboxylic acids is 1. The lowest BCUT2D eigenvalue weighted by Gasteiger charge is -2.21. The first-order valence-corrected chi connectivity index (χ1v) is 7.11. The minimum atomic E-state index is -4.48. The first-order valence-electron chi connectivity index (χ1n) is 7.11. The van der Waals surface area contributed by atoms with Crippen LogP contribution >= 0.6 is 0 Å². The molecule has 2 aromatic heterocycles. The van der Waals surface area contributed by atoms with Crippen molar-refractivity contribution in [3.05, 3.63) is 36.4 Å². The number of amides is 1. The molecule has 9 heteroatoms. The van der Waals surface area contributed by atoms with E-state index >= 15 is 0 Å². The van der Waals surface area contributed by atoms with Crippen LogP contribution in [0.1, 0.15) is 12.6 Å². The number of hydrogen-bond donors (Lipinski definition) is 0. The smallest absolute Gasteiger partial charge is 0.359 e. The quantitative estimate of drug-likeness (QED) is 0.838. The van der Waals surface area contributed by atoms with Crippen molar-refractivity contribution in [1.29, 1.82) is 0 Å². The highest BCUT2D eigenvalue weighted by Gasteiger charge is 2.31. The predicted molar refractivity (Wildman–Crippen MR) is 81.0 cm³/mol. The number of carbonyl (C=O) groups is 1. The topological polar surface area (TPSA) is 60.2 Å². The molecule has 0 aliphatic heterocycles. The van der Waals surface area contributed by atoms with Crippen molar-refractivity contribution in [2.75, 3.05) is 18.6 Å². The van der Waals surface area contributed by atoms with Crippen LogP contribution in [0.5, 0.6) is 0 Å². The molecule has 0 spiro atoms.